The Morgan fingerprint density at radius 3 is 2.35 bits per heavy atom. The Kier molecular flexibility index (Phi) is 9.05. The average molecular weight is 292 g/mol. The second-order valence-corrected chi connectivity index (χ2v) is 3.83. The molecule has 0 saturated carbocycles. The molecule has 2 amide bonds. The maximum Gasteiger partial charge on any atom is 0.328 e. The summed E-state index contributed by atoms with van der Waals surface area (Å²) in [6.45, 7) is -0.265. The number of hydrogen-bond donors (Lipinski definition) is 3. The number of carboxylic acid groups (broad SMARTS) is 1. The van der Waals surface area contributed by atoms with Crippen molar-refractivity contribution >= 4 is 18.0 Å². The molecule has 0 aromatic carbocycles. The second kappa shape index (κ2) is 9.98. The Labute approximate surface area is 116 Å². The fourth-order valence-electron chi connectivity index (χ4n) is 1.27. The van der Waals surface area contributed by atoms with Gasteiger partial charge in [-0.25, -0.2) is 9.59 Å². The van der Waals surface area contributed by atoms with Gasteiger partial charge in [0.2, 0.25) is 0 Å². The highest BCUT2D eigenvalue weighted by Gasteiger charge is 2.22. The Morgan fingerprint density at radius 1 is 1.25 bits per heavy atom. The van der Waals surface area contributed by atoms with Crippen LogP contribution in [0.3, 0.4) is 0 Å². The van der Waals surface area contributed by atoms with Crippen molar-refractivity contribution in [3.63, 3.8) is 0 Å². The van der Waals surface area contributed by atoms with E-state index in [1.54, 1.807) is 0 Å². The van der Waals surface area contributed by atoms with E-state index in [0.29, 0.717) is 0 Å². The minimum atomic E-state index is -1.40. The van der Waals surface area contributed by atoms with Gasteiger partial charge >= 0.3 is 18.0 Å². The molecule has 0 fully saturated rings. The average Bonchev–Trinajstić information content (AvgIpc) is 2.43. The molecule has 0 saturated heterocycles. The molecule has 0 aliphatic rings. The van der Waals surface area contributed by atoms with E-state index < -0.39 is 30.6 Å². The van der Waals surface area contributed by atoms with Gasteiger partial charge in [0.1, 0.15) is 0 Å². The Hall–Kier alpha value is -1.87. The lowest BCUT2D eigenvalue weighted by Gasteiger charge is -2.24. The minimum Gasteiger partial charge on any atom is -0.480 e. The zero-order chi connectivity index (χ0) is 15.5. The van der Waals surface area contributed by atoms with Crippen LogP contribution in [0.5, 0.6) is 0 Å². The first-order valence-corrected chi connectivity index (χ1v) is 5.91. The number of aliphatic hydroxyl groups is 1. The number of carbonyl (C=O) groups is 3. The van der Waals surface area contributed by atoms with Crippen molar-refractivity contribution in [2.75, 3.05) is 40.5 Å². The third kappa shape index (κ3) is 6.90. The summed E-state index contributed by atoms with van der Waals surface area (Å²) in [5.74, 6) is -1.84. The van der Waals surface area contributed by atoms with Gasteiger partial charge < -0.3 is 29.9 Å². The molecule has 20 heavy (non-hydrogen) atoms. The van der Waals surface area contributed by atoms with Gasteiger partial charge in [-0.3, -0.25) is 4.79 Å². The number of rotatable bonds is 9. The van der Waals surface area contributed by atoms with E-state index in [2.05, 4.69) is 10.1 Å². The van der Waals surface area contributed by atoms with Crippen molar-refractivity contribution in [2.45, 2.75) is 12.5 Å². The fourth-order valence-corrected chi connectivity index (χ4v) is 1.27. The van der Waals surface area contributed by atoms with Crippen molar-refractivity contribution in [3.8, 4) is 0 Å². The second-order valence-electron chi connectivity index (χ2n) is 3.83. The number of carbonyl (C=O) groups excluding carboxylic acids is 2. The van der Waals surface area contributed by atoms with Crippen LogP contribution in [0.15, 0.2) is 0 Å². The number of aliphatic carboxylic acids is 1. The highest BCUT2D eigenvalue weighted by molar-refractivity contribution is 5.83. The quantitative estimate of drug-likeness (QED) is 0.449. The van der Waals surface area contributed by atoms with E-state index in [4.69, 9.17) is 14.9 Å². The van der Waals surface area contributed by atoms with Crippen LogP contribution in [-0.2, 0) is 19.1 Å². The van der Waals surface area contributed by atoms with Crippen LogP contribution in [0.25, 0.3) is 0 Å². The molecule has 116 valence electrons. The van der Waals surface area contributed by atoms with E-state index in [0.717, 1.165) is 0 Å². The van der Waals surface area contributed by atoms with Gasteiger partial charge in [0.25, 0.3) is 0 Å². The fraction of sp³-hybridized carbons (Fsp3) is 0.727. The molecule has 1 atom stereocenters. The molecule has 0 rings (SSSR count). The number of carboxylic acids is 1. The van der Waals surface area contributed by atoms with E-state index in [1.807, 2.05) is 0 Å². The monoisotopic (exact) mass is 292 g/mol. The predicted octanol–water partition coefficient (Wildman–Crippen LogP) is -1.35. The van der Waals surface area contributed by atoms with Crippen molar-refractivity contribution < 1.29 is 34.1 Å². The number of aliphatic hydroxyl groups excluding tert-OH is 1. The molecule has 0 unspecified atom stereocenters. The Bertz CT molecular complexity index is 335. The number of amides is 2. The topological polar surface area (TPSA) is 125 Å². The van der Waals surface area contributed by atoms with Crippen LogP contribution in [0, 0.1) is 0 Å². The van der Waals surface area contributed by atoms with Crippen LogP contribution in [-0.4, -0.2) is 79.6 Å². The third-order valence-corrected chi connectivity index (χ3v) is 2.44. The number of ether oxygens (including phenoxy) is 2. The summed E-state index contributed by atoms with van der Waals surface area (Å²) in [6.07, 6.45) is -0.0233. The van der Waals surface area contributed by atoms with Crippen LogP contribution in [0.4, 0.5) is 4.79 Å². The first-order chi connectivity index (χ1) is 9.46. The standard InChI is InChI=1S/C11H20N2O7/c1-19-6-5-13(4-3-9(15)20-2)11(18)12-8(7-14)10(16)17/h8,14H,3-7H2,1-2H3,(H,12,18)(H,16,17)/t8-/m1/s1. The largest absolute Gasteiger partial charge is 0.480 e. The molecule has 9 heteroatoms. The number of esters is 1. The first kappa shape index (κ1) is 18.1. The van der Waals surface area contributed by atoms with Gasteiger partial charge in [0, 0.05) is 20.2 Å². The molecule has 0 aliphatic carbocycles. The highest BCUT2D eigenvalue weighted by Crippen LogP contribution is 1.97. The number of nitrogens with zero attached hydrogens (tertiary/aromatic N) is 1. The van der Waals surface area contributed by atoms with Gasteiger partial charge in [0.05, 0.1) is 26.7 Å². The lowest BCUT2D eigenvalue weighted by molar-refractivity contribution is -0.141. The normalized spacial score (nSPS) is 11.6. The maximum atomic E-state index is 11.9. The number of hydrogen-bond acceptors (Lipinski definition) is 6. The molecule has 0 aromatic heterocycles. The third-order valence-electron chi connectivity index (χ3n) is 2.44. The molecular formula is C11H20N2O7. The highest BCUT2D eigenvalue weighted by atomic mass is 16.5. The van der Waals surface area contributed by atoms with Gasteiger partial charge in [0.15, 0.2) is 6.04 Å². The number of methoxy groups -OCH3 is 2. The zero-order valence-corrected chi connectivity index (χ0v) is 11.5. The predicted molar refractivity (Wildman–Crippen MR) is 67.1 cm³/mol. The molecule has 0 radical (unpaired) electrons. The zero-order valence-electron chi connectivity index (χ0n) is 11.5. The van der Waals surface area contributed by atoms with E-state index in [9.17, 15) is 14.4 Å². The van der Waals surface area contributed by atoms with Gasteiger partial charge in [-0.05, 0) is 0 Å². The van der Waals surface area contributed by atoms with Gasteiger partial charge in [-0.2, -0.15) is 0 Å². The Balaban J connectivity index is 4.53. The molecule has 0 aliphatic heterocycles. The summed E-state index contributed by atoms with van der Waals surface area (Å²) in [5.41, 5.74) is 0. The summed E-state index contributed by atoms with van der Waals surface area (Å²) < 4.78 is 9.29. The number of urea groups is 1. The first-order valence-electron chi connectivity index (χ1n) is 5.91. The molecule has 0 heterocycles. The van der Waals surface area contributed by atoms with Crippen LogP contribution in [0.2, 0.25) is 0 Å². The Morgan fingerprint density at radius 2 is 1.90 bits per heavy atom. The maximum absolute atomic E-state index is 11.9. The molecule has 0 bridgehead atoms. The lowest BCUT2D eigenvalue weighted by atomic mass is 10.3. The van der Waals surface area contributed by atoms with E-state index >= 15 is 0 Å². The molecule has 3 N–H and O–H groups in total. The van der Waals surface area contributed by atoms with Crippen LogP contribution >= 0.6 is 0 Å². The summed E-state index contributed by atoms with van der Waals surface area (Å²) in [5, 5.41) is 19.7. The lowest BCUT2D eigenvalue weighted by Crippen LogP contribution is -2.50. The van der Waals surface area contributed by atoms with E-state index in [-0.39, 0.29) is 26.1 Å². The summed E-state index contributed by atoms with van der Waals surface area (Å²) in [6, 6.07) is -2.10. The van der Waals surface area contributed by atoms with Crippen LogP contribution in [0.1, 0.15) is 6.42 Å². The van der Waals surface area contributed by atoms with Crippen molar-refractivity contribution in [3.05, 3.63) is 0 Å². The SMILES string of the molecule is COCCN(CCC(=O)OC)C(=O)N[C@H](CO)C(=O)O. The molecule has 9 nitrogen and oxygen atoms in total. The minimum absolute atomic E-state index is 0.0233. The van der Waals surface area contributed by atoms with E-state index in [1.165, 1.54) is 19.1 Å². The molecular weight excluding hydrogens is 272 g/mol. The summed E-state index contributed by atoms with van der Waals surface area (Å²) in [4.78, 5) is 34.8. The number of nitrogens with one attached hydrogen (secondary N) is 1. The molecule has 0 aromatic rings. The van der Waals surface area contributed by atoms with Crippen molar-refractivity contribution in [1.82, 2.24) is 10.2 Å². The van der Waals surface area contributed by atoms with Gasteiger partial charge in [-0.1, -0.05) is 0 Å². The van der Waals surface area contributed by atoms with Crippen molar-refractivity contribution in [1.29, 1.82) is 0 Å². The smallest absolute Gasteiger partial charge is 0.328 e. The molecule has 0 spiro atoms. The van der Waals surface area contributed by atoms with Gasteiger partial charge in [-0.15, -0.1) is 0 Å². The van der Waals surface area contributed by atoms with Crippen molar-refractivity contribution in [2.24, 2.45) is 0 Å². The summed E-state index contributed by atoms with van der Waals surface area (Å²) in [7, 11) is 2.68. The summed E-state index contributed by atoms with van der Waals surface area (Å²) >= 11 is 0. The van der Waals surface area contributed by atoms with Crippen LogP contribution < -0.4 is 5.32 Å².